The van der Waals surface area contributed by atoms with Gasteiger partial charge in [-0.05, 0) is 73.8 Å². The number of nitrogens with zero attached hydrogens (tertiary/aromatic N) is 4. The summed E-state index contributed by atoms with van der Waals surface area (Å²) in [5.41, 5.74) is 11.3. The molecule has 0 aliphatic carbocycles. The summed E-state index contributed by atoms with van der Waals surface area (Å²) in [6.07, 6.45) is 2.89. The zero-order valence-electron chi connectivity index (χ0n) is 19.6. The summed E-state index contributed by atoms with van der Waals surface area (Å²) in [6.45, 7) is 7.62. The van der Waals surface area contributed by atoms with Gasteiger partial charge in [-0.3, -0.25) is 5.10 Å². The van der Waals surface area contributed by atoms with E-state index in [9.17, 15) is 5.26 Å². The van der Waals surface area contributed by atoms with E-state index in [0.717, 1.165) is 70.6 Å². The molecule has 6 rings (SSSR count). The highest BCUT2D eigenvalue weighted by Gasteiger charge is 2.22. The van der Waals surface area contributed by atoms with Crippen molar-refractivity contribution in [2.45, 2.75) is 26.8 Å². The maximum Gasteiger partial charge on any atom is 0.237 e. The lowest BCUT2D eigenvalue weighted by Crippen LogP contribution is -2.27. The molecule has 0 unspecified atom stereocenters. The smallest absolute Gasteiger partial charge is 0.237 e. The van der Waals surface area contributed by atoms with E-state index < -0.39 is 0 Å². The number of hydrogen-bond acceptors (Lipinski definition) is 6. The molecule has 4 aromatic rings. The van der Waals surface area contributed by atoms with Gasteiger partial charge in [-0.1, -0.05) is 0 Å². The van der Waals surface area contributed by atoms with Gasteiger partial charge < -0.3 is 15.0 Å². The molecule has 0 amide bonds. The van der Waals surface area contributed by atoms with Crippen LogP contribution in [0.5, 0.6) is 5.88 Å². The minimum atomic E-state index is 0.590. The van der Waals surface area contributed by atoms with E-state index in [0.29, 0.717) is 18.1 Å². The first kappa shape index (κ1) is 20.7. The normalized spacial score (nSPS) is 15.2. The standard InChI is InChI=1S/C27H26N6O/c1-15-8-17(9-19-14-33(3)6-4-20(15)19)26-22-11-21(18(12-28)10-24(22)31-32-26)23-13-30-27-25(16(23)2)29-5-7-34-27/h8-11,13,29H,4-7,14H2,1-3H3,(H,31,32). The second-order valence-corrected chi connectivity index (χ2v) is 9.30. The molecule has 0 radical (unpaired) electrons. The van der Waals surface area contributed by atoms with Crippen molar-refractivity contribution < 1.29 is 4.74 Å². The first-order valence-corrected chi connectivity index (χ1v) is 11.6. The number of H-pyrrole nitrogens is 1. The quantitative estimate of drug-likeness (QED) is 0.465. The highest BCUT2D eigenvalue weighted by atomic mass is 16.5. The average molecular weight is 451 g/mol. The van der Waals surface area contributed by atoms with Gasteiger partial charge in [0.25, 0.3) is 0 Å². The Morgan fingerprint density at radius 1 is 1.15 bits per heavy atom. The third-order valence-corrected chi connectivity index (χ3v) is 7.08. The summed E-state index contributed by atoms with van der Waals surface area (Å²) in [7, 11) is 2.17. The maximum absolute atomic E-state index is 9.94. The molecule has 2 aliphatic heterocycles. The van der Waals surface area contributed by atoms with E-state index in [4.69, 9.17) is 4.74 Å². The molecule has 2 N–H and O–H groups in total. The monoisotopic (exact) mass is 450 g/mol. The first-order chi connectivity index (χ1) is 16.5. The predicted octanol–water partition coefficient (Wildman–Crippen LogP) is 4.57. The number of rotatable bonds is 2. The number of hydrogen-bond donors (Lipinski definition) is 2. The molecule has 7 heteroatoms. The SMILES string of the molecule is Cc1cc(-c2n[nH]c3cc(C#N)c(-c4cnc5c(c4C)NCCO5)cc23)cc2c1CCN(C)C2. The van der Waals surface area contributed by atoms with Crippen LogP contribution in [-0.2, 0) is 13.0 Å². The zero-order valence-corrected chi connectivity index (χ0v) is 19.6. The van der Waals surface area contributed by atoms with E-state index in [-0.39, 0.29) is 0 Å². The van der Waals surface area contributed by atoms with Crippen LogP contribution in [-0.4, -0.2) is 46.8 Å². The molecule has 0 bridgehead atoms. The number of aromatic nitrogens is 3. The van der Waals surface area contributed by atoms with Gasteiger partial charge in [0, 0.05) is 47.9 Å². The van der Waals surface area contributed by atoms with Gasteiger partial charge in [0.1, 0.15) is 12.3 Å². The van der Waals surface area contributed by atoms with E-state index in [1.54, 1.807) is 0 Å². The predicted molar refractivity (Wildman–Crippen MR) is 133 cm³/mol. The Hall–Kier alpha value is -3.89. The molecule has 170 valence electrons. The van der Waals surface area contributed by atoms with Crippen LogP contribution in [0.25, 0.3) is 33.3 Å². The van der Waals surface area contributed by atoms with E-state index in [1.807, 2.05) is 19.2 Å². The van der Waals surface area contributed by atoms with Crippen LogP contribution in [0.3, 0.4) is 0 Å². The number of aryl methyl sites for hydroxylation is 1. The number of pyridine rings is 1. The van der Waals surface area contributed by atoms with Crippen LogP contribution >= 0.6 is 0 Å². The van der Waals surface area contributed by atoms with E-state index >= 15 is 0 Å². The van der Waals surface area contributed by atoms with Gasteiger partial charge in [-0.25, -0.2) is 4.98 Å². The van der Waals surface area contributed by atoms with Crippen molar-refractivity contribution in [1.82, 2.24) is 20.1 Å². The molecule has 34 heavy (non-hydrogen) atoms. The molecular weight excluding hydrogens is 424 g/mol. The minimum Gasteiger partial charge on any atom is -0.474 e. The Labute approximate surface area is 198 Å². The van der Waals surface area contributed by atoms with Crippen LogP contribution < -0.4 is 10.1 Å². The van der Waals surface area contributed by atoms with Gasteiger partial charge >= 0.3 is 0 Å². The lowest BCUT2D eigenvalue weighted by atomic mass is 9.90. The number of fused-ring (bicyclic) bond motifs is 3. The van der Waals surface area contributed by atoms with Crippen LogP contribution in [0.1, 0.15) is 27.8 Å². The molecule has 0 spiro atoms. The molecule has 7 nitrogen and oxygen atoms in total. The molecule has 2 aliphatic rings. The summed E-state index contributed by atoms with van der Waals surface area (Å²) in [4.78, 5) is 6.88. The van der Waals surface area contributed by atoms with Gasteiger partial charge in [0.05, 0.1) is 22.8 Å². The summed E-state index contributed by atoms with van der Waals surface area (Å²) < 4.78 is 5.69. The minimum absolute atomic E-state index is 0.590. The number of likely N-dealkylation sites (N-methyl/N-ethyl adjacent to an activating group) is 1. The van der Waals surface area contributed by atoms with Crippen molar-refractivity contribution in [3.05, 3.63) is 58.3 Å². The van der Waals surface area contributed by atoms with Gasteiger partial charge in [0.15, 0.2) is 0 Å². The Kier molecular flexibility index (Phi) is 4.78. The summed E-state index contributed by atoms with van der Waals surface area (Å²) in [5, 5.41) is 22.2. The lowest BCUT2D eigenvalue weighted by molar-refractivity contribution is 0.310. The fourth-order valence-corrected chi connectivity index (χ4v) is 5.29. The van der Waals surface area contributed by atoms with Gasteiger partial charge in [-0.15, -0.1) is 0 Å². The molecule has 2 aromatic heterocycles. The number of nitriles is 1. The highest BCUT2D eigenvalue weighted by Crippen LogP contribution is 2.39. The fourth-order valence-electron chi connectivity index (χ4n) is 5.29. The third-order valence-electron chi connectivity index (χ3n) is 7.08. The average Bonchev–Trinajstić information content (AvgIpc) is 3.26. The maximum atomic E-state index is 9.94. The van der Waals surface area contributed by atoms with Crippen molar-refractivity contribution in [3.63, 3.8) is 0 Å². The van der Waals surface area contributed by atoms with Crippen molar-refractivity contribution in [2.24, 2.45) is 0 Å². The van der Waals surface area contributed by atoms with Crippen molar-refractivity contribution >= 4 is 16.6 Å². The number of benzene rings is 2. The second kappa shape index (κ2) is 7.86. The Balaban J connectivity index is 1.53. The van der Waals surface area contributed by atoms with E-state index in [2.05, 4.69) is 63.6 Å². The van der Waals surface area contributed by atoms with Crippen LogP contribution in [0.4, 0.5) is 5.69 Å². The van der Waals surface area contributed by atoms with Crippen molar-refractivity contribution in [2.75, 3.05) is 32.1 Å². The van der Waals surface area contributed by atoms with Gasteiger partial charge in [-0.2, -0.15) is 10.4 Å². The summed E-state index contributed by atoms with van der Waals surface area (Å²) in [5.74, 6) is 0.616. The number of nitrogens with one attached hydrogen (secondary N) is 2. The molecular formula is C27H26N6O. The molecule has 0 saturated carbocycles. The molecule has 0 fully saturated rings. The molecule has 0 saturated heterocycles. The summed E-state index contributed by atoms with van der Waals surface area (Å²) >= 11 is 0. The topological polar surface area (TPSA) is 89.9 Å². The molecule has 4 heterocycles. The van der Waals surface area contributed by atoms with E-state index in [1.165, 1.54) is 16.7 Å². The van der Waals surface area contributed by atoms with Gasteiger partial charge in [0.2, 0.25) is 5.88 Å². The first-order valence-electron chi connectivity index (χ1n) is 11.6. The fraction of sp³-hybridized carbons (Fsp3) is 0.296. The molecule has 0 atom stereocenters. The largest absolute Gasteiger partial charge is 0.474 e. The summed E-state index contributed by atoms with van der Waals surface area (Å²) in [6, 6.07) is 10.9. The number of aromatic amines is 1. The van der Waals surface area contributed by atoms with Crippen molar-refractivity contribution in [1.29, 1.82) is 5.26 Å². The molecule has 2 aromatic carbocycles. The third kappa shape index (κ3) is 3.22. The Bertz CT molecular complexity index is 1500. The highest BCUT2D eigenvalue weighted by molar-refractivity contribution is 5.98. The van der Waals surface area contributed by atoms with Crippen LogP contribution in [0, 0.1) is 25.2 Å². The van der Waals surface area contributed by atoms with Crippen LogP contribution in [0.2, 0.25) is 0 Å². The second-order valence-electron chi connectivity index (χ2n) is 9.30. The zero-order chi connectivity index (χ0) is 23.4. The Morgan fingerprint density at radius 3 is 2.88 bits per heavy atom. The lowest BCUT2D eigenvalue weighted by Gasteiger charge is -2.26. The van der Waals surface area contributed by atoms with Crippen LogP contribution in [0.15, 0.2) is 30.5 Å². The number of anilines is 1. The van der Waals surface area contributed by atoms with Crippen molar-refractivity contribution in [3.8, 4) is 34.3 Å². The number of ether oxygens (including phenoxy) is 1. The Morgan fingerprint density at radius 2 is 2.03 bits per heavy atom.